The first kappa shape index (κ1) is 21.4. The Hall–Kier alpha value is -2.43. The third kappa shape index (κ3) is 3.07. The fraction of sp³-hybridized carbons (Fsp3) is 0.407. The van der Waals surface area contributed by atoms with Crippen LogP contribution in [-0.4, -0.2) is 0 Å². The van der Waals surface area contributed by atoms with E-state index >= 15 is 4.39 Å². The van der Waals surface area contributed by atoms with Crippen LogP contribution < -0.4 is 0 Å². The van der Waals surface area contributed by atoms with Gasteiger partial charge in [-0.2, -0.15) is 0 Å². The van der Waals surface area contributed by atoms with Gasteiger partial charge in [0.2, 0.25) is 0 Å². The summed E-state index contributed by atoms with van der Waals surface area (Å²) in [6.45, 7) is 2.20. The monoisotopic (exact) mass is 444 g/mol. The van der Waals surface area contributed by atoms with E-state index in [1.165, 1.54) is 30.9 Å². The molecule has 1 atom stereocenters. The highest BCUT2D eigenvalue weighted by Gasteiger charge is 2.67. The van der Waals surface area contributed by atoms with Crippen molar-refractivity contribution in [1.82, 2.24) is 0 Å². The number of benzene rings is 2. The fourth-order valence-electron chi connectivity index (χ4n) is 6.24. The van der Waals surface area contributed by atoms with Gasteiger partial charge in [-0.25, -0.2) is 22.0 Å². The number of halogens is 5. The lowest BCUT2D eigenvalue weighted by Crippen LogP contribution is -2.64. The molecule has 2 aromatic carbocycles. The van der Waals surface area contributed by atoms with Crippen LogP contribution >= 0.6 is 0 Å². The highest BCUT2D eigenvalue weighted by Crippen LogP contribution is 2.75. The smallest absolute Gasteiger partial charge is 0.194 e. The van der Waals surface area contributed by atoms with Crippen molar-refractivity contribution in [2.45, 2.75) is 63.0 Å². The van der Waals surface area contributed by atoms with Crippen LogP contribution in [0.4, 0.5) is 22.0 Å². The Kier molecular flexibility index (Phi) is 4.88. The van der Waals surface area contributed by atoms with Gasteiger partial charge in [0, 0.05) is 12.0 Å². The lowest BCUT2D eigenvalue weighted by Gasteiger charge is -2.72. The zero-order valence-corrected chi connectivity index (χ0v) is 18.0. The quantitative estimate of drug-likeness (QED) is 0.311. The molecule has 5 heteroatoms. The SMILES string of the molecule is CCCCC12CC(c3ccc(C4(F)CC=CC(F)=C4c4cc(F)c(F)c(F)c4)cc3)(C1)C2. The standard InChI is InChI=1S/C27H25F5/c1-2-3-10-25-14-26(15-25,16-25)18-6-8-19(9-7-18)27(32)11-4-5-20(28)23(27)17-12-21(29)24(31)22(30)13-17/h4-9,12-13H,2-3,10-11,14-16H2,1H3. The molecule has 4 aliphatic rings. The molecule has 3 saturated carbocycles. The Morgan fingerprint density at radius 3 is 2.06 bits per heavy atom. The van der Waals surface area contributed by atoms with Gasteiger partial charge in [-0.05, 0) is 71.4 Å². The number of rotatable bonds is 6. The molecule has 0 spiro atoms. The van der Waals surface area contributed by atoms with Crippen LogP contribution in [0.1, 0.15) is 68.6 Å². The minimum Gasteiger partial charge on any atom is -0.233 e. The molecular weight excluding hydrogens is 419 g/mol. The van der Waals surface area contributed by atoms with Gasteiger partial charge in [0.25, 0.3) is 0 Å². The summed E-state index contributed by atoms with van der Waals surface area (Å²) in [6.07, 6.45) is 9.47. The van der Waals surface area contributed by atoms with Gasteiger partial charge in [0.1, 0.15) is 5.83 Å². The minimum atomic E-state index is -2.31. The van der Waals surface area contributed by atoms with Crippen molar-refractivity contribution in [2.75, 3.05) is 0 Å². The molecule has 0 N–H and O–H groups in total. The molecule has 1 unspecified atom stereocenters. The van der Waals surface area contributed by atoms with Gasteiger partial charge in [0.15, 0.2) is 23.1 Å². The van der Waals surface area contributed by atoms with Crippen molar-refractivity contribution in [1.29, 1.82) is 0 Å². The average molecular weight is 444 g/mol. The van der Waals surface area contributed by atoms with Crippen molar-refractivity contribution in [2.24, 2.45) is 5.41 Å². The van der Waals surface area contributed by atoms with Crippen LogP contribution in [0.3, 0.4) is 0 Å². The first-order valence-corrected chi connectivity index (χ1v) is 11.2. The van der Waals surface area contributed by atoms with Crippen molar-refractivity contribution >= 4 is 5.57 Å². The van der Waals surface area contributed by atoms with Crippen LogP contribution in [0.2, 0.25) is 0 Å². The topological polar surface area (TPSA) is 0 Å². The van der Waals surface area contributed by atoms with Crippen molar-refractivity contribution in [3.63, 3.8) is 0 Å². The van der Waals surface area contributed by atoms with E-state index in [1.807, 2.05) is 12.1 Å². The summed E-state index contributed by atoms with van der Waals surface area (Å²) < 4.78 is 72.1. The van der Waals surface area contributed by atoms with Gasteiger partial charge >= 0.3 is 0 Å². The van der Waals surface area contributed by atoms with Gasteiger partial charge in [-0.1, -0.05) is 50.1 Å². The van der Waals surface area contributed by atoms with E-state index in [1.54, 1.807) is 12.1 Å². The Morgan fingerprint density at radius 1 is 0.875 bits per heavy atom. The van der Waals surface area contributed by atoms with Gasteiger partial charge in [-0.3, -0.25) is 0 Å². The van der Waals surface area contributed by atoms with Crippen molar-refractivity contribution < 1.29 is 22.0 Å². The predicted octanol–water partition coefficient (Wildman–Crippen LogP) is 8.22. The largest absolute Gasteiger partial charge is 0.233 e. The Balaban J connectivity index is 1.45. The third-order valence-electron chi connectivity index (χ3n) is 7.73. The third-order valence-corrected chi connectivity index (χ3v) is 7.73. The van der Waals surface area contributed by atoms with E-state index in [-0.39, 0.29) is 23.0 Å². The second kappa shape index (κ2) is 7.29. The summed E-state index contributed by atoms with van der Waals surface area (Å²) >= 11 is 0. The molecule has 4 aliphatic carbocycles. The lowest BCUT2D eigenvalue weighted by molar-refractivity contribution is -0.147. The molecule has 0 radical (unpaired) electrons. The first-order valence-electron chi connectivity index (χ1n) is 11.2. The molecule has 168 valence electrons. The Morgan fingerprint density at radius 2 is 1.47 bits per heavy atom. The predicted molar refractivity (Wildman–Crippen MR) is 115 cm³/mol. The summed E-state index contributed by atoms with van der Waals surface area (Å²) in [5, 5.41) is 0. The zero-order valence-electron chi connectivity index (χ0n) is 18.0. The molecule has 3 fully saturated rings. The summed E-state index contributed by atoms with van der Waals surface area (Å²) in [4.78, 5) is 0. The van der Waals surface area contributed by atoms with Gasteiger partial charge < -0.3 is 0 Å². The molecule has 32 heavy (non-hydrogen) atoms. The van der Waals surface area contributed by atoms with Crippen LogP contribution in [0.25, 0.3) is 5.57 Å². The van der Waals surface area contributed by atoms with E-state index in [4.69, 9.17) is 0 Å². The van der Waals surface area contributed by atoms with E-state index < -0.39 is 34.5 Å². The maximum absolute atomic E-state index is 16.3. The molecular formula is C27H25F5. The maximum Gasteiger partial charge on any atom is 0.194 e. The van der Waals surface area contributed by atoms with Crippen LogP contribution in [0.15, 0.2) is 54.4 Å². The normalized spacial score (nSPS) is 30.8. The Bertz CT molecular complexity index is 1080. The van der Waals surface area contributed by atoms with Crippen molar-refractivity contribution in [3.05, 3.63) is 88.5 Å². The van der Waals surface area contributed by atoms with Gasteiger partial charge in [-0.15, -0.1) is 0 Å². The number of hydrogen-bond donors (Lipinski definition) is 0. The van der Waals surface area contributed by atoms with E-state index in [9.17, 15) is 17.6 Å². The minimum absolute atomic E-state index is 0.176. The molecule has 0 aromatic heterocycles. The fourth-order valence-corrected chi connectivity index (χ4v) is 6.24. The van der Waals surface area contributed by atoms with E-state index in [2.05, 4.69) is 6.92 Å². The zero-order chi connectivity index (χ0) is 22.7. The van der Waals surface area contributed by atoms with Crippen molar-refractivity contribution in [3.8, 4) is 0 Å². The molecule has 6 rings (SSSR count). The van der Waals surface area contributed by atoms with Crippen LogP contribution in [0, 0.1) is 22.9 Å². The number of hydrogen-bond acceptors (Lipinski definition) is 0. The van der Waals surface area contributed by atoms with Gasteiger partial charge in [0.05, 0.1) is 0 Å². The Labute approximate surface area is 184 Å². The molecule has 0 aliphatic heterocycles. The number of alkyl halides is 1. The maximum atomic E-state index is 16.3. The molecule has 0 amide bonds. The molecule has 2 bridgehead atoms. The second-order valence-electron chi connectivity index (χ2n) is 9.88. The average Bonchev–Trinajstić information content (AvgIpc) is 2.70. The van der Waals surface area contributed by atoms with Crippen LogP contribution in [0.5, 0.6) is 0 Å². The van der Waals surface area contributed by atoms with Crippen LogP contribution in [-0.2, 0) is 11.1 Å². The molecule has 0 heterocycles. The van der Waals surface area contributed by atoms with E-state index in [0.717, 1.165) is 25.3 Å². The highest BCUT2D eigenvalue weighted by atomic mass is 19.2. The lowest BCUT2D eigenvalue weighted by atomic mass is 9.32. The summed E-state index contributed by atoms with van der Waals surface area (Å²) in [7, 11) is 0. The molecule has 2 aromatic rings. The summed E-state index contributed by atoms with van der Waals surface area (Å²) in [5.74, 6) is -5.54. The van der Waals surface area contributed by atoms with E-state index in [0.29, 0.717) is 17.5 Å². The number of allylic oxidation sites excluding steroid dienone is 4. The summed E-state index contributed by atoms with van der Waals surface area (Å²) in [6, 6.07) is 8.40. The molecule has 0 nitrogen and oxygen atoms in total. The second-order valence-corrected chi connectivity index (χ2v) is 9.88. The summed E-state index contributed by atoms with van der Waals surface area (Å²) in [5.41, 5.74) is -1.08. The first-order chi connectivity index (χ1) is 15.2. The highest BCUT2D eigenvalue weighted by molar-refractivity contribution is 5.78. The number of unbranched alkanes of at least 4 members (excludes halogenated alkanes) is 1. The molecule has 0 saturated heterocycles.